The summed E-state index contributed by atoms with van der Waals surface area (Å²) in [4.78, 5) is 6.33. The lowest BCUT2D eigenvalue weighted by Gasteiger charge is -2.21. The zero-order chi connectivity index (χ0) is 13.5. The molecule has 0 aliphatic carbocycles. The van der Waals surface area contributed by atoms with Gasteiger partial charge in [0.15, 0.2) is 0 Å². The third-order valence-corrected chi connectivity index (χ3v) is 2.49. The fraction of sp³-hybridized carbons (Fsp3) is 0.462. The largest absolute Gasteiger partial charge is 0.497 e. The Morgan fingerprint density at radius 2 is 2.22 bits per heavy atom. The van der Waals surface area contributed by atoms with E-state index in [2.05, 4.69) is 24.3 Å². The summed E-state index contributed by atoms with van der Waals surface area (Å²) >= 11 is 0. The zero-order valence-corrected chi connectivity index (χ0v) is 11.5. The maximum Gasteiger partial charge on any atom is 0.212 e. The first-order valence-electron chi connectivity index (χ1n) is 5.97. The van der Waals surface area contributed by atoms with Gasteiger partial charge in [-0.1, -0.05) is 19.9 Å². The second-order valence-corrected chi connectivity index (χ2v) is 4.46. The van der Waals surface area contributed by atoms with Crippen LogP contribution in [-0.2, 0) is 0 Å². The van der Waals surface area contributed by atoms with E-state index in [0.29, 0.717) is 11.9 Å². The Hall–Kier alpha value is -1.75. The zero-order valence-electron chi connectivity index (χ0n) is 11.5. The van der Waals surface area contributed by atoms with Gasteiger partial charge in [-0.05, 0) is 18.1 Å². The normalized spacial score (nSPS) is 11.6. The van der Waals surface area contributed by atoms with Gasteiger partial charge in [0, 0.05) is 25.3 Å². The second-order valence-electron chi connectivity index (χ2n) is 4.46. The fourth-order valence-corrected chi connectivity index (χ4v) is 1.46. The van der Waals surface area contributed by atoms with Crippen molar-refractivity contribution >= 4 is 11.6 Å². The molecule has 0 aromatic heterocycles. The summed E-state index contributed by atoms with van der Waals surface area (Å²) < 4.78 is 5.20. The molecule has 5 heteroatoms. The highest BCUT2D eigenvalue weighted by Crippen LogP contribution is 2.19. The molecule has 0 bridgehead atoms. The van der Waals surface area contributed by atoms with Crippen LogP contribution in [0.15, 0.2) is 29.3 Å². The molecule has 5 nitrogen and oxygen atoms in total. The van der Waals surface area contributed by atoms with Crippen molar-refractivity contribution in [3.05, 3.63) is 24.3 Å². The molecule has 0 spiro atoms. The molecule has 0 unspecified atom stereocenters. The number of nitrogens with two attached hydrogens (primary N) is 1. The molecule has 0 aliphatic rings. The lowest BCUT2D eigenvalue weighted by atomic mass is 10.2. The Kier molecular flexibility index (Phi) is 5.45. The third-order valence-electron chi connectivity index (χ3n) is 2.49. The monoisotopic (exact) mass is 250 g/mol. The van der Waals surface area contributed by atoms with E-state index >= 15 is 0 Å². The Morgan fingerprint density at radius 1 is 1.50 bits per heavy atom. The van der Waals surface area contributed by atoms with Gasteiger partial charge in [0.05, 0.1) is 7.11 Å². The van der Waals surface area contributed by atoms with Crippen LogP contribution < -0.4 is 20.9 Å². The average Bonchev–Trinajstić information content (AvgIpc) is 2.39. The molecule has 0 heterocycles. The molecule has 0 atom stereocenters. The Balaban J connectivity index is 2.88. The highest BCUT2D eigenvalue weighted by molar-refractivity contribution is 5.95. The molecule has 100 valence electrons. The van der Waals surface area contributed by atoms with Crippen LogP contribution in [-0.4, -0.2) is 26.7 Å². The van der Waals surface area contributed by atoms with Crippen molar-refractivity contribution in [3.8, 4) is 5.75 Å². The smallest absolute Gasteiger partial charge is 0.212 e. The van der Waals surface area contributed by atoms with E-state index in [4.69, 9.17) is 10.6 Å². The van der Waals surface area contributed by atoms with Crippen molar-refractivity contribution in [2.24, 2.45) is 16.8 Å². The molecule has 18 heavy (non-hydrogen) atoms. The Bertz CT molecular complexity index is 404. The summed E-state index contributed by atoms with van der Waals surface area (Å²) in [7, 11) is 3.56. The molecule has 0 aliphatic heterocycles. The maximum atomic E-state index is 5.51. The van der Waals surface area contributed by atoms with Crippen LogP contribution in [0.25, 0.3) is 0 Å². The Labute approximate surface area is 109 Å². The van der Waals surface area contributed by atoms with Crippen molar-refractivity contribution in [2.45, 2.75) is 13.8 Å². The summed E-state index contributed by atoms with van der Waals surface area (Å²) in [6.45, 7) is 4.96. The minimum absolute atomic E-state index is 0.493. The molecule has 1 aromatic carbocycles. The van der Waals surface area contributed by atoms with Crippen molar-refractivity contribution in [1.29, 1.82) is 0 Å². The van der Waals surface area contributed by atoms with Crippen LogP contribution >= 0.6 is 0 Å². The first-order valence-corrected chi connectivity index (χ1v) is 5.97. The van der Waals surface area contributed by atoms with Gasteiger partial charge in [-0.15, -0.1) is 0 Å². The first-order chi connectivity index (χ1) is 8.58. The number of anilines is 1. The lowest BCUT2D eigenvalue weighted by Crippen LogP contribution is -2.43. The average molecular weight is 250 g/mol. The van der Waals surface area contributed by atoms with Crippen LogP contribution in [0.1, 0.15) is 13.8 Å². The van der Waals surface area contributed by atoms with E-state index in [1.54, 1.807) is 7.11 Å². The predicted octanol–water partition coefficient (Wildman–Crippen LogP) is 1.61. The summed E-state index contributed by atoms with van der Waals surface area (Å²) in [5.74, 6) is 7.45. The molecular formula is C13H22N4O. The van der Waals surface area contributed by atoms with E-state index < -0.39 is 0 Å². The summed E-state index contributed by atoms with van der Waals surface area (Å²) in [6.07, 6.45) is 0. The Morgan fingerprint density at radius 3 is 2.78 bits per heavy atom. The number of hydrogen-bond acceptors (Lipinski definition) is 3. The second kappa shape index (κ2) is 6.86. The van der Waals surface area contributed by atoms with Crippen LogP contribution in [0.3, 0.4) is 0 Å². The van der Waals surface area contributed by atoms with E-state index in [1.165, 1.54) is 0 Å². The van der Waals surface area contributed by atoms with Gasteiger partial charge < -0.3 is 9.64 Å². The molecule has 0 saturated heterocycles. The third kappa shape index (κ3) is 3.92. The molecule has 3 N–H and O–H groups in total. The number of hydrazine groups is 1. The van der Waals surface area contributed by atoms with Crippen molar-refractivity contribution in [2.75, 3.05) is 25.6 Å². The van der Waals surface area contributed by atoms with Gasteiger partial charge in [-0.25, -0.2) is 5.84 Å². The summed E-state index contributed by atoms with van der Waals surface area (Å²) in [6, 6.07) is 7.74. The van der Waals surface area contributed by atoms with Crippen molar-refractivity contribution in [1.82, 2.24) is 5.43 Å². The molecule has 1 rings (SSSR count). The number of ether oxygens (including phenoxy) is 1. The van der Waals surface area contributed by atoms with Gasteiger partial charge >= 0.3 is 0 Å². The van der Waals surface area contributed by atoms with Gasteiger partial charge in [-0.2, -0.15) is 0 Å². The van der Waals surface area contributed by atoms with E-state index in [1.807, 2.05) is 36.2 Å². The minimum atomic E-state index is 0.493. The van der Waals surface area contributed by atoms with Gasteiger partial charge in [0.1, 0.15) is 5.75 Å². The van der Waals surface area contributed by atoms with Crippen molar-refractivity contribution in [3.63, 3.8) is 0 Å². The highest BCUT2D eigenvalue weighted by Gasteiger charge is 2.08. The van der Waals surface area contributed by atoms with Crippen LogP contribution in [0, 0.1) is 5.92 Å². The minimum Gasteiger partial charge on any atom is -0.497 e. The van der Waals surface area contributed by atoms with Crippen LogP contribution in [0.5, 0.6) is 5.75 Å². The van der Waals surface area contributed by atoms with Crippen LogP contribution in [0.2, 0.25) is 0 Å². The molecule has 0 radical (unpaired) electrons. The summed E-state index contributed by atoms with van der Waals surface area (Å²) in [5, 5.41) is 0. The number of methoxy groups -OCH3 is 1. The van der Waals surface area contributed by atoms with E-state index in [9.17, 15) is 0 Å². The van der Waals surface area contributed by atoms with Crippen LogP contribution in [0.4, 0.5) is 5.69 Å². The molecule has 0 saturated carbocycles. The van der Waals surface area contributed by atoms with Crippen molar-refractivity contribution < 1.29 is 4.74 Å². The molecule has 0 fully saturated rings. The van der Waals surface area contributed by atoms with E-state index in [0.717, 1.165) is 18.0 Å². The standard InChI is InChI=1S/C13H22N4O/c1-10(2)9-15-13(16-14)17(3)11-6-5-7-12(8-11)18-4/h5-8,10H,9,14H2,1-4H3,(H,15,16). The molecule has 0 amide bonds. The predicted molar refractivity (Wildman–Crippen MR) is 75.9 cm³/mol. The number of nitrogens with one attached hydrogen (secondary N) is 1. The van der Waals surface area contributed by atoms with E-state index in [-0.39, 0.29) is 0 Å². The van der Waals surface area contributed by atoms with Gasteiger partial charge in [0.2, 0.25) is 5.96 Å². The lowest BCUT2D eigenvalue weighted by molar-refractivity contribution is 0.415. The number of aliphatic imine (C=N–C) groups is 1. The SMILES string of the molecule is COc1cccc(N(C)C(=NCC(C)C)NN)c1. The number of guanidine groups is 1. The molecule has 1 aromatic rings. The number of hydrogen-bond donors (Lipinski definition) is 2. The highest BCUT2D eigenvalue weighted by atomic mass is 16.5. The van der Waals surface area contributed by atoms with Gasteiger partial charge in [0.25, 0.3) is 0 Å². The number of rotatable bonds is 4. The first kappa shape index (κ1) is 14.3. The number of benzene rings is 1. The fourth-order valence-electron chi connectivity index (χ4n) is 1.46. The maximum absolute atomic E-state index is 5.51. The topological polar surface area (TPSA) is 62.9 Å². The quantitative estimate of drug-likeness (QED) is 0.369. The van der Waals surface area contributed by atoms with Gasteiger partial charge in [-0.3, -0.25) is 10.4 Å². The summed E-state index contributed by atoms with van der Waals surface area (Å²) in [5.41, 5.74) is 3.60. The molecular weight excluding hydrogens is 228 g/mol. The number of nitrogens with zero attached hydrogens (tertiary/aromatic N) is 2.